The molecule has 0 aromatic carbocycles. The Kier molecular flexibility index (Phi) is 4.37. The molecule has 1 aliphatic heterocycles. The van der Waals surface area contributed by atoms with Crippen LogP contribution >= 0.6 is 0 Å². The SMILES string of the molecule is CC1(C(=O)N(CC(=O)O)C(C)(C)C)CCCNC1. The van der Waals surface area contributed by atoms with E-state index in [1.165, 1.54) is 4.90 Å². The van der Waals surface area contributed by atoms with E-state index in [4.69, 9.17) is 5.11 Å². The summed E-state index contributed by atoms with van der Waals surface area (Å²) in [6.07, 6.45) is 1.76. The minimum Gasteiger partial charge on any atom is -0.480 e. The lowest BCUT2D eigenvalue weighted by Crippen LogP contribution is -2.57. The van der Waals surface area contributed by atoms with Crippen molar-refractivity contribution in [2.45, 2.75) is 46.1 Å². The molecule has 1 fully saturated rings. The molecule has 0 aliphatic carbocycles. The third-order valence-electron chi connectivity index (χ3n) is 3.46. The van der Waals surface area contributed by atoms with Gasteiger partial charge in [0.25, 0.3) is 0 Å². The number of carboxylic acid groups (broad SMARTS) is 1. The summed E-state index contributed by atoms with van der Waals surface area (Å²) in [4.78, 5) is 25.0. The monoisotopic (exact) mass is 256 g/mol. The minimum absolute atomic E-state index is 0.0652. The largest absolute Gasteiger partial charge is 0.480 e. The van der Waals surface area contributed by atoms with E-state index in [2.05, 4.69) is 5.32 Å². The zero-order valence-electron chi connectivity index (χ0n) is 11.7. The lowest BCUT2D eigenvalue weighted by atomic mass is 9.80. The van der Waals surface area contributed by atoms with E-state index in [9.17, 15) is 9.59 Å². The van der Waals surface area contributed by atoms with Crippen LogP contribution in [0.15, 0.2) is 0 Å². The lowest BCUT2D eigenvalue weighted by Gasteiger charge is -2.42. The number of hydrogen-bond donors (Lipinski definition) is 2. The summed E-state index contributed by atoms with van der Waals surface area (Å²) in [5.74, 6) is -1.03. The van der Waals surface area contributed by atoms with Crippen molar-refractivity contribution in [2.75, 3.05) is 19.6 Å². The van der Waals surface area contributed by atoms with Crippen molar-refractivity contribution >= 4 is 11.9 Å². The van der Waals surface area contributed by atoms with Gasteiger partial charge in [-0.1, -0.05) is 0 Å². The average Bonchev–Trinajstić information content (AvgIpc) is 2.24. The maximum absolute atomic E-state index is 12.6. The normalized spacial score (nSPS) is 24.7. The van der Waals surface area contributed by atoms with Crippen LogP contribution in [0.1, 0.15) is 40.5 Å². The number of carboxylic acids is 1. The highest BCUT2D eigenvalue weighted by Gasteiger charge is 2.41. The van der Waals surface area contributed by atoms with Gasteiger partial charge in [-0.25, -0.2) is 0 Å². The Morgan fingerprint density at radius 1 is 1.39 bits per heavy atom. The van der Waals surface area contributed by atoms with Crippen molar-refractivity contribution in [3.05, 3.63) is 0 Å². The van der Waals surface area contributed by atoms with Crippen LogP contribution in [0, 0.1) is 5.41 Å². The van der Waals surface area contributed by atoms with E-state index in [1.54, 1.807) is 0 Å². The minimum atomic E-state index is -0.967. The molecule has 1 atom stereocenters. The maximum atomic E-state index is 12.6. The molecule has 0 saturated carbocycles. The molecule has 0 aromatic rings. The Morgan fingerprint density at radius 2 is 2.00 bits per heavy atom. The van der Waals surface area contributed by atoms with E-state index < -0.39 is 16.9 Å². The van der Waals surface area contributed by atoms with Crippen molar-refractivity contribution in [3.8, 4) is 0 Å². The number of nitrogens with one attached hydrogen (secondary N) is 1. The Hall–Kier alpha value is -1.10. The van der Waals surface area contributed by atoms with Crippen molar-refractivity contribution < 1.29 is 14.7 Å². The molecule has 1 unspecified atom stereocenters. The maximum Gasteiger partial charge on any atom is 0.323 e. The van der Waals surface area contributed by atoms with Crippen LogP contribution < -0.4 is 5.32 Å². The van der Waals surface area contributed by atoms with Crippen LogP contribution in [-0.2, 0) is 9.59 Å². The fraction of sp³-hybridized carbons (Fsp3) is 0.846. The molecule has 1 saturated heterocycles. The number of carbonyl (C=O) groups is 2. The van der Waals surface area contributed by atoms with Crippen molar-refractivity contribution in [1.29, 1.82) is 0 Å². The van der Waals surface area contributed by atoms with Gasteiger partial charge in [0, 0.05) is 12.1 Å². The fourth-order valence-corrected chi connectivity index (χ4v) is 2.31. The second kappa shape index (κ2) is 5.26. The van der Waals surface area contributed by atoms with Gasteiger partial charge in [0.05, 0.1) is 5.41 Å². The van der Waals surface area contributed by atoms with Gasteiger partial charge in [-0.05, 0) is 47.1 Å². The summed E-state index contributed by atoms with van der Waals surface area (Å²) in [5, 5.41) is 12.2. The molecule has 0 bridgehead atoms. The Morgan fingerprint density at radius 3 is 2.39 bits per heavy atom. The zero-order chi connectivity index (χ0) is 14.0. The fourth-order valence-electron chi connectivity index (χ4n) is 2.31. The summed E-state index contributed by atoms with van der Waals surface area (Å²) in [6, 6.07) is 0. The van der Waals surface area contributed by atoms with Crippen molar-refractivity contribution in [1.82, 2.24) is 10.2 Å². The van der Waals surface area contributed by atoms with Crippen molar-refractivity contribution in [2.24, 2.45) is 5.41 Å². The summed E-state index contributed by atoms with van der Waals surface area (Å²) in [7, 11) is 0. The zero-order valence-corrected chi connectivity index (χ0v) is 11.7. The standard InChI is InChI=1S/C13H24N2O3/c1-12(2,3)15(8-10(16)17)11(18)13(4)6-5-7-14-9-13/h14H,5-9H2,1-4H3,(H,16,17). The van der Waals surface area contributed by atoms with Crippen LogP contribution in [0.25, 0.3) is 0 Å². The van der Waals surface area contributed by atoms with Crippen LogP contribution in [0.3, 0.4) is 0 Å². The molecule has 5 nitrogen and oxygen atoms in total. The summed E-state index contributed by atoms with van der Waals surface area (Å²) >= 11 is 0. The summed E-state index contributed by atoms with van der Waals surface area (Å²) in [6.45, 7) is 8.84. The molecule has 18 heavy (non-hydrogen) atoms. The smallest absolute Gasteiger partial charge is 0.323 e. The summed E-state index contributed by atoms with van der Waals surface area (Å²) < 4.78 is 0. The highest BCUT2D eigenvalue weighted by atomic mass is 16.4. The van der Waals surface area contributed by atoms with Gasteiger partial charge in [-0.2, -0.15) is 0 Å². The van der Waals surface area contributed by atoms with Crippen LogP contribution in [0.2, 0.25) is 0 Å². The van der Waals surface area contributed by atoms with E-state index in [0.717, 1.165) is 19.4 Å². The second-order valence-corrected chi connectivity index (χ2v) is 6.30. The topological polar surface area (TPSA) is 69.6 Å². The van der Waals surface area contributed by atoms with Gasteiger partial charge in [0.2, 0.25) is 5.91 Å². The van der Waals surface area contributed by atoms with Gasteiger partial charge in [-0.3, -0.25) is 9.59 Å². The molecule has 0 spiro atoms. The van der Waals surface area contributed by atoms with Gasteiger partial charge >= 0.3 is 5.97 Å². The van der Waals surface area contributed by atoms with E-state index in [0.29, 0.717) is 6.54 Å². The summed E-state index contributed by atoms with van der Waals surface area (Å²) in [5.41, 5.74) is -0.961. The van der Waals surface area contributed by atoms with Gasteiger partial charge in [0.1, 0.15) is 6.54 Å². The number of nitrogens with zero attached hydrogens (tertiary/aromatic N) is 1. The number of amides is 1. The number of rotatable bonds is 3. The number of piperidine rings is 1. The van der Waals surface area contributed by atoms with Gasteiger partial charge in [-0.15, -0.1) is 0 Å². The van der Waals surface area contributed by atoms with E-state index in [-0.39, 0.29) is 12.5 Å². The third kappa shape index (κ3) is 3.45. The molecule has 2 N–H and O–H groups in total. The number of hydrogen-bond acceptors (Lipinski definition) is 3. The molecule has 104 valence electrons. The first-order chi connectivity index (χ1) is 8.17. The van der Waals surface area contributed by atoms with Crippen molar-refractivity contribution in [3.63, 3.8) is 0 Å². The first-order valence-corrected chi connectivity index (χ1v) is 6.41. The van der Waals surface area contributed by atoms with Crippen LogP contribution in [-0.4, -0.2) is 47.1 Å². The highest BCUT2D eigenvalue weighted by Crippen LogP contribution is 2.30. The first-order valence-electron chi connectivity index (χ1n) is 6.41. The predicted octanol–water partition coefficient (Wildman–Crippen LogP) is 1.09. The average molecular weight is 256 g/mol. The molecule has 1 heterocycles. The van der Waals surface area contributed by atoms with E-state index >= 15 is 0 Å². The molecule has 5 heteroatoms. The molecular formula is C13H24N2O3. The van der Waals surface area contributed by atoms with Gasteiger partial charge < -0.3 is 15.3 Å². The molecular weight excluding hydrogens is 232 g/mol. The predicted molar refractivity (Wildman–Crippen MR) is 69.3 cm³/mol. The third-order valence-corrected chi connectivity index (χ3v) is 3.46. The Bertz CT molecular complexity index is 328. The van der Waals surface area contributed by atoms with Crippen LogP contribution in [0.4, 0.5) is 0 Å². The van der Waals surface area contributed by atoms with Crippen LogP contribution in [0.5, 0.6) is 0 Å². The number of aliphatic carboxylic acids is 1. The first kappa shape index (κ1) is 15.0. The molecule has 1 amide bonds. The highest BCUT2D eigenvalue weighted by molar-refractivity contribution is 5.86. The Labute approximate surface area is 109 Å². The molecule has 0 radical (unpaired) electrons. The molecule has 1 rings (SSSR count). The Balaban J connectivity index is 2.91. The van der Waals surface area contributed by atoms with Gasteiger partial charge in [0.15, 0.2) is 0 Å². The van der Waals surface area contributed by atoms with E-state index in [1.807, 2.05) is 27.7 Å². The molecule has 1 aliphatic rings. The quantitative estimate of drug-likeness (QED) is 0.793. The second-order valence-electron chi connectivity index (χ2n) is 6.30. The number of carbonyl (C=O) groups excluding carboxylic acids is 1. The lowest BCUT2D eigenvalue weighted by molar-refractivity contribution is -0.154. The molecule has 0 aromatic heterocycles.